The lowest BCUT2D eigenvalue weighted by molar-refractivity contribution is 0.0677. The summed E-state index contributed by atoms with van der Waals surface area (Å²) in [6, 6.07) is 6.80. The second kappa shape index (κ2) is 7.87. The van der Waals surface area contributed by atoms with Gasteiger partial charge < -0.3 is 18.8 Å². The molecule has 0 spiro atoms. The average Bonchev–Trinajstić information content (AvgIpc) is 3.03. The second-order valence-corrected chi connectivity index (χ2v) is 5.13. The Hall–Kier alpha value is -1.98. The molecule has 2 rings (SSSR count). The smallest absolute Gasteiger partial charge is 0.258 e. The van der Waals surface area contributed by atoms with Crippen molar-refractivity contribution in [1.82, 2.24) is 4.90 Å². The molecule has 6 heteroatoms. The molecule has 0 fully saturated rings. The van der Waals surface area contributed by atoms with Gasteiger partial charge in [0.1, 0.15) is 5.75 Å². The number of carbonyl (C=O) groups excluding carboxylic acids is 1. The van der Waals surface area contributed by atoms with E-state index in [4.69, 9.17) is 25.5 Å². The minimum Gasteiger partial charge on any atom is -0.496 e. The number of methoxy groups -OCH3 is 2. The number of furan rings is 1. The molecule has 0 N–H and O–H groups in total. The highest BCUT2D eigenvalue weighted by Crippen LogP contribution is 2.24. The molecule has 1 aromatic heterocycles. The summed E-state index contributed by atoms with van der Waals surface area (Å²) in [5, 5.41) is 0.485. The number of halogens is 1. The van der Waals surface area contributed by atoms with Gasteiger partial charge in [0.05, 0.1) is 31.8 Å². The van der Waals surface area contributed by atoms with Gasteiger partial charge in [-0.05, 0) is 24.3 Å². The van der Waals surface area contributed by atoms with Crippen molar-refractivity contribution in [2.24, 2.45) is 0 Å². The topological polar surface area (TPSA) is 51.9 Å². The predicted molar refractivity (Wildman–Crippen MR) is 83.3 cm³/mol. The van der Waals surface area contributed by atoms with E-state index in [1.165, 1.54) is 7.11 Å². The maximum absolute atomic E-state index is 12.8. The van der Waals surface area contributed by atoms with Crippen LogP contribution in [0.3, 0.4) is 0 Å². The van der Waals surface area contributed by atoms with Crippen LogP contribution >= 0.6 is 11.6 Å². The van der Waals surface area contributed by atoms with Gasteiger partial charge in [-0.2, -0.15) is 0 Å². The molecule has 118 valence electrons. The summed E-state index contributed by atoms with van der Waals surface area (Å²) in [5.41, 5.74) is 1.33. The number of hydrogen-bond acceptors (Lipinski definition) is 4. The Morgan fingerprint density at radius 2 is 2.14 bits per heavy atom. The summed E-state index contributed by atoms with van der Waals surface area (Å²) in [4.78, 5) is 14.5. The van der Waals surface area contributed by atoms with Gasteiger partial charge in [-0.1, -0.05) is 11.6 Å². The minimum absolute atomic E-state index is 0.169. The lowest BCUT2D eigenvalue weighted by Crippen LogP contribution is -2.33. The molecule has 0 bridgehead atoms. The molecule has 0 aliphatic rings. The molecule has 0 atom stereocenters. The summed E-state index contributed by atoms with van der Waals surface area (Å²) in [6.45, 7) is 1.32. The van der Waals surface area contributed by atoms with E-state index in [0.717, 1.165) is 5.56 Å². The van der Waals surface area contributed by atoms with Crippen molar-refractivity contribution in [3.05, 3.63) is 52.9 Å². The van der Waals surface area contributed by atoms with Crippen LogP contribution in [0.2, 0.25) is 5.02 Å². The van der Waals surface area contributed by atoms with Gasteiger partial charge in [-0.15, -0.1) is 0 Å². The number of rotatable bonds is 7. The zero-order valence-electron chi connectivity index (χ0n) is 12.5. The molecule has 0 aliphatic carbocycles. The van der Waals surface area contributed by atoms with Crippen molar-refractivity contribution in [3.8, 4) is 5.75 Å². The molecule has 2 aromatic rings. The van der Waals surface area contributed by atoms with Gasteiger partial charge in [-0.25, -0.2) is 0 Å². The molecule has 1 aromatic carbocycles. The van der Waals surface area contributed by atoms with E-state index >= 15 is 0 Å². The van der Waals surface area contributed by atoms with E-state index in [2.05, 4.69) is 0 Å². The van der Waals surface area contributed by atoms with Crippen LogP contribution in [0.15, 0.2) is 41.2 Å². The molecule has 0 saturated carbocycles. The highest BCUT2D eigenvalue weighted by atomic mass is 35.5. The molecule has 22 heavy (non-hydrogen) atoms. The highest BCUT2D eigenvalue weighted by molar-refractivity contribution is 6.31. The van der Waals surface area contributed by atoms with E-state index in [1.54, 1.807) is 42.7 Å². The van der Waals surface area contributed by atoms with Crippen molar-refractivity contribution in [2.75, 3.05) is 27.4 Å². The third kappa shape index (κ3) is 4.02. The Bertz CT molecular complexity index is 613. The predicted octanol–water partition coefficient (Wildman–Crippen LogP) is 3.23. The fourth-order valence-corrected chi connectivity index (χ4v) is 2.25. The lowest BCUT2D eigenvalue weighted by atomic mass is 10.1. The summed E-state index contributed by atoms with van der Waals surface area (Å²) < 4.78 is 15.4. The summed E-state index contributed by atoms with van der Waals surface area (Å²) in [5.74, 6) is 0.321. The Morgan fingerprint density at radius 1 is 1.32 bits per heavy atom. The van der Waals surface area contributed by atoms with Gasteiger partial charge in [0.2, 0.25) is 0 Å². The molecule has 1 heterocycles. The van der Waals surface area contributed by atoms with E-state index < -0.39 is 0 Å². The highest BCUT2D eigenvalue weighted by Gasteiger charge is 2.20. The quantitative estimate of drug-likeness (QED) is 0.785. The van der Waals surface area contributed by atoms with Gasteiger partial charge >= 0.3 is 0 Å². The average molecular weight is 324 g/mol. The fraction of sp³-hybridized carbons (Fsp3) is 0.312. The van der Waals surface area contributed by atoms with Crippen molar-refractivity contribution in [1.29, 1.82) is 0 Å². The number of amides is 1. The second-order valence-electron chi connectivity index (χ2n) is 4.70. The van der Waals surface area contributed by atoms with Crippen molar-refractivity contribution < 1.29 is 18.7 Å². The molecular formula is C16H18ClNO4. The van der Waals surface area contributed by atoms with Crippen LogP contribution in [-0.2, 0) is 11.3 Å². The first-order chi connectivity index (χ1) is 10.7. The molecule has 0 radical (unpaired) electrons. The molecule has 1 amide bonds. The van der Waals surface area contributed by atoms with Crippen LogP contribution in [0, 0.1) is 0 Å². The van der Waals surface area contributed by atoms with Crippen molar-refractivity contribution in [2.45, 2.75) is 6.54 Å². The number of carbonyl (C=O) groups is 1. The van der Waals surface area contributed by atoms with Crippen molar-refractivity contribution >= 4 is 17.5 Å². The maximum Gasteiger partial charge on any atom is 0.258 e. The molecule has 5 nitrogen and oxygen atoms in total. The molecule has 0 aliphatic heterocycles. The van der Waals surface area contributed by atoms with E-state index in [-0.39, 0.29) is 5.91 Å². The molecule has 0 unspecified atom stereocenters. The normalized spacial score (nSPS) is 10.5. The van der Waals surface area contributed by atoms with Crippen LogP contribution in [0.4, 0.5) is 0 Å². The van der Waals surface area contributed by atoms with Gasteiger partial charge in [0.15, 0.2) is 0 Å². The van der Waals surface area contributed by atoms with E-state index in [0.29, 0.717) is 36.0 Å². The van der Waals surface area contributed by atoms with Crippen LogP contribution in [-0.4, -0.2) is 38.2 Å². The Kier molecular flexibility index (Phi) is 5.86. The summed E-state index contributed by atoms with van der Waals surface area (Å²) in [7, 11) is 3.12. The lowest BCUT2D eigenvalue weighted by Gasteiger charge is -2.23. The van der Waals surface area contributed by atoms with Crippen LogP contribution in [0.25, 0.3) is 0 Å². The van der Waals surface area contributed by atoms with Gasteiger partial charge in [0.25, 0.3) is 5.91 Å². The van der Waals surface area contributed by atoms with Gasteiger partial charge in [-0.3, -0.25) is 4.79 Å². The Labute approximate surface area is 134 Å². The summed E-state index contributed by atoms with van der Waals surface area (Å²) in [6.07, 6.45) is 3.19. The number of ether oxygens (including phenoxy) is 2. The van der Waals surface area contributed by atoms with Crippen LogP contribution in [0.5, 0.6) is 5.75 Å². The van der Waals surface area contributed by atoms with Crippen LogP contribution < -0.4 is 4.74 Å². The SMILES string of the molecule is COCCN(Cc1ccoc1)C(=O)c1cc(Cl)ccc1OC. The minimum atomic E-state index is -0.169. The first-order valence-electron chi connectivity index (χ1n) is 6.78. The van der Waals surface area contributed by atoms with Gasteiger partial charge in [0, 0.05) is 30.8 Å². The summed E-state index contributed by atoms with van der Waals surface area (Å²) >= 11 is 6.00. The Balaban J connectivity index is 2.26. The largest absolute Gasteiger partial charge is 0.496 e. The third-order valence-corrected chi connectivity index (χ3v) is 3.43. The van der Waals surface area contributed by atoms with Crippen LogP contribution in [0.1, 0.15) is 15.9 Å². The third-order valence-electron chi connectivity index (χ3n) is 3.20. The maximum atomic E-state index is 12.8. The van der Waals surface area contributed by atoms with Crippen molar-refractivity contribution in [3.63, 3.8) is 0 Å². The number of nitrogens with zero attached hydrogens (tertiary/aromatic N) is 1. The Morgan fingerprint density at radius 3 is 2.77 bits per heavy atom. The fourth-order valence-electron chi connectivity index (χ4n) is 2.07. The zero-order valence-corrected chi connectivity index (χ0v) is 13.3. The monoisotopic (exact) mass is 323 g/mol. The van der Waals surface area contributed by atoms with E-state index in [1.807, 2.05) is 6.07 Å². The standard InChI is InChI=1S/C16H18ClNO4/c1-20-8-6-18(10-12-5-7-22-11-12)16(19)14-9-13(17)3-4-15(14)21-2/h3-5,7,9,11H,6,8,10H2,1-2H3. The first-order valence-corrected chi connectivity index (χ1v) is 7.16. The number of benzene rings is 1. The zero-order chi connectivity index (χ0) is 15.9. The number of hydrogen-bond donors (Lipinski definition) is 0. The molecule has 0 saturated heterocycles. The van der Waals surface area contributed by atoms with E-state index in [9.17, 15) is 4.79 Å². The first kappa shape index (κ1) is 16.4. The molecular weight excluding hydrogens is 306 g/mol.